The molecular formula is C17H20BrNO. The molecule has 0 saturated carbocycles. The lowest BCUT2D eigenvalue weighted by molar-refractivity contribution is 0.415. The van der Waals surface area contributed by atoms with Gasteiger partial charge >= 0.3 is 0 Å². The summed E-state index contributed by atoms with van der Waals surface area (Å²) in [6.45, 7) is 4.16. The van der Waals surface area contributed by atoms with Crippen molar-refractivity contribution in [3.63, 3.8) is 0 Å². The molecule has 2 aromatic carbocycles. The topological polar surface area (TPSA) is 12.5 Å². The lowest BCUT2D eigenvalue weighted by atomic mass is 10.2. The van der Waals surface area contributed by atoms with Crippen molar-refractivity contribution in [1.29, 1.82) is 0 Å². The zero-order valence-corrected chi connectivity index (χ0v) is 13.6. The van der Waals surface area contributed by atoms with Crippen LogP contribution in [0.25, 0.3) is 0 Å². The van der Waals surface area contributed by atoms with Gasteiger partial charge in [-0.05, 0) is 48.4 Å². The highest BCUT2D eigenvalue weighted by molar-refractivity contribution is 9.10. The van der Waals surface area contributed by atoms with E-state index in [0.717, 1.165) is 29.7 Å². The molecule has 2 rings (SSSR count). The van der Waals surface area contributed by atoms with Crippen LogP contribution in [-0.2, 0) is 6.54 Å². The van der Waals surface area contributed by atoms with Gasteiger partial charge < -0.3 is 9.64 Å². The highest BCUT2D eigenvalue weighted by Crippen LogP contribution is 2.22. The Labute approximate surface area is 129 Å². The van der Waals surface area contributed by atoms with Gasteiger partial charge in [0.25, 0.3) is 0 Å². The van der Waals surface area contributed by atoms with Crippen molar-refractivity contribution in [2.75, 3.05) is 18.6 Å². The van der Waals surface area contributed by atoms with Crippen LogP contribution in [0, 0.1) is 0 Å². The molecule has 106 valence electrons. The van der Waals surface area contributed by atoms with Crippen LogP contribution in [-0.4, -0.2) is 13.7 Å². The first-order chi connectivity index (χ1) is 9.72. The minimum Gasteiger partial charge on any atom is -0.497 e. The summed E-state index contributed by atoms with van der Waals surface area (Å²) >= 11 is 3.53. The number of benzene rings is 2. The Morgan fingerprint density at radius 3 is 2.45 bits per heavy atom. The molecule has 2 nitrogen and oxygen atoms in total. The van der Waals surface area contributed by atoms with Crippen molar-refractivity contribution in [3.05, 3.63) is 58.6 Å². The first-order valence-electron chi connectivity index (χ1n) is 6.86. The van der Waals surface area contributed by atoms with Crippen molar-refractivity contribution in [2.24, 2.45) is 0 Å². The Bertz CT molecular complexity index is 539. The number of halogens is 1. The van der Waals surface area contributed by atoms with E-state index in [9.17, 15) is 0 Å². The van der Waals surface area contributed by atoms with Crippen LogP contribution in [0.4, 0.5) is 5.69 Å². The molecule has 0 aromatic heterocycles. The Morgan fingerprint density at radius 1 is 1.10 bits per heavy atom. The molecule has 0 heterocycles. The Kier molecular flexibility index (Phi) is 5.48. The van der Waals surface area contributed by atoms with Crippen LogP contribution in [0.15, 0.2) is 53.0 Å². The SMILES string of the molecule is CCCN(Cc1cccc(Br)c1)c1ccc(OC)cc1. The Balaban J connectivity index is 2.17. The van der Waals surface area contributed by atoms with Gasteiger partial charge in [-0.25, -0.2) is 0 Å². The van der Waals surface area contributed by atoms with E-state index in [1.165, 1.54) is 11.3 Å². The Hall–Kier alpha value is -1.48. The van der Waals surface area contributed by atoms with E-state index in [1.807, 2.05) is 12.1 Å². The number of rotatable bonds is 6. The molecule has 0 bridgehead atoms. The molecule has 0 unspecified atom stereocenters. The van der Waals surface area contributed by atoms with E-state index in [2.05, 4.69) is 64.2 Å². The molecule has 3 heteroatoms. The van der Waals surface area contributed by atoms with Crippen molar-refractivity contribution in [1.82, 2.24) is 0 Å². The molecule has 20 heavy (non-hydrogen) atoms. The normalized spacial score (nSPS) is 10.3. The predicted octanol–water partition coefficient (Wildman–Crippen LogP) is 4.87. The lowest BCUT2D eigenvalue weighted by Gasteiger charge is -2.24. The zero-order chi connectivity index (χ0) is 14.4. The van der Waals surface area contributed by atoms with E-state index in [-0.39, 0.29) is 0 Å². The second kappa shape index (κ2) is 7.34. The van der Waals surface area contributed by atoms with Gasteiger partial charge in [0.2, 0.25) is 0 Å². The van der Waals surface area contributed by atoms with E-state index in [0.29, 0.717) is 0 Å². The van der Waals surface area contributed by atoms with Crippen molar-refractivity contribution < 1.29 is 4.74 Å². The third-order valence-corrected chi connectivity index (χ3v) is 3.69. The molecule has 2 aromatic rings. The number of methoxy groups -OCH3 is 1. The maximum Gasteiger partial charge on any atom is 0.119 e. The van der Waals surface area contributed by atoms with E-state index in [1.54, 1.807) is 7.11 Å². The maximum absolute atomic E-state index is 5.22. The van der Waals surface area contributed by atoms with E-state index in [4.69, 9.17) is 4.74 Å². The molecule has 0 atom stereocenters. The number of hydrogen-bond donors (Lipinski definition) is 0. The van der Waals surface area contributed by atoms with Crippen LogP contribution in [0.5, 0.6) is 5.75 Å². The number of ether oxygens (including phenoxy) is 1. The highest BCUT2D eigenvalue weighted by Gasteiger charge is 2.07. The summed E-state index contributed by atoms with van der Waals surface area (Å²) in [6, 6.07) is 16.7. The molecular weight excluding hydrogens is 314 g/mol. The van der Waals surface area contributed by atoms with Crippen LogP contribution >= 0.6 is 15.9 Å². The number of anilines is 1. The third kappa shape index (κ3) is 4.01. The molecule has 0 spiro atoms. The number of nitrogens with zero attached hydrogens (tertiary/aromatic N) is 1. The van der Waals surface area contributed by atoms with Gasteiger partial charge in [0.15, 0.2) is 0 Å². The van der Waals surface area contributed by atoms with Crippen molar-refractivity contribution in [3.8, 4) is 5.75 Å². The smallest absolute Gasteiger partial charge is 0.119 e. The molecule has 0 saturated heterocycles. The van der Waals surface area contributed by atoms with Gasteiger partial charge in [-0.15, -0.1) is 0 Å². The van der Waals surface area contributed by atoms with Gasteiger partial charge in [0, 0.05) is 23.2 Å². The summed E-state index contributed by atoms with van der Waals surface area (Å²) in [5, 5.41) is 0. The fraction of sp³-hybridized carbons (Fsp3) is 0.294. The minimum absolute atomic E-state index is 0.896. The summed E-state index contributed by atoms with van der Waals surface area (Å²) in [4.78, 5) is 2.39. The summed E-state index contributed by atoms with van der Waals surface area (Å²) in [7, 11) is 1.69. The average molecular weight is 334 g/mol. The van der Waals surface area contributed by atoms with Gasteiger partial charge in [0.05, 0.1) is 7.11 Å². The Morgan fingerprint density at radius 2 is 1.85 bits per heavy atom. The molecule has 0 aliphatic heterocycles. The van der Waals surface area contributed by atoms with E-state index >= 15 is 0 Å². The van der Waals surface area contributed by atoms with Crippen molar-refractivity contribution in [2.45, 2.75) is 19.9 Å². The molecule has 0 radical (unpaired) electrons. The first-order valence-corrected chi connectivity index (χ1v) is 7.65. The fourth-order valence-electron chi connectivity index (χ4n) is 2.22. The molecule has 0 amide bonds. The molecule has 0 aliphatic rings. The summed E-state index contributed by atoms with van der Waals surface area (Å²) in [5.41, 5.74) is 2.54. The van der Waals surface area contributed by atoms with Crippen LogP contribution in [0.2, 0.25) is 0 Å². The lowest BCUT2D eigenvalue weighted by Crippen LogP contribution is -2.23. The maximum atomic E-state index is 5.22. The number of hydrogen-bond acceptors (Lipinski definition) is 2. The average Bonchev–Trinajstić information content (AvgIpc) is 2.47. The van der Waals surface area contributed by atoms with Crippen LogP contribution in [0.1, 0.15) is 18.9 Å². The van der Waals surface area contributed by atoms with Gasteiger partial charge in [-0.1, -0.05) is 35.0 Å². The van der Waals surface area contributed by atoms with Crippen LogP contribution in [0.3, 0.4) is 0 Å². The molecule has 0 fully saturated rings. The fourth-order valence-corrected chi connectivity index (χ4v) is 2.66. The van der Waals surface area contributed by atoms with Gasteiger partial charge in [-0.2, -0.15) is 0 Å². The standard InChI is InChI=1S/C17H20BrNO/c1-3-11-19(13-14-5-4-6-15(18)12-14)16-7-9-17(20-2)10-8-16/h4-10,12H,3,11,13H2,1-2H3. The zero-order valence-electron chi connectivity index (χ0n) is 12.0. The van der Waals surface area contributed by atoms with Gasteiger partial charge in [0.1, 0.15) is 5.75 Å². The summed E-state index contributed by atoms with van der Waals surface area (Å²) < 4.78 is 6.34. The van der Waals surface area contributed by atoms with E-state index < -0.39 is 0 Å². The van der Waals surface area contributed by atoms with Gasteiger partial charge in [-0.3, -0.25) is 0 Å². The van der Waals surface area contributed by atoms with Crippen molar-refractivity contribution >= 4 is 21.6 Å². The molecule has 0 aliphatic carbocycles. The van der Waals surface area contributed by atoms with Crippen LogP contribution < -0.4 is 9.64 Å². The minimum atomic E-state index is 0.896. The second-order valence-corrected chi connectivity index (χ2v) is 5.67. The molecule has 0 N–H and O–H groups in total. The predicted molar refractivity (Wildman–Crippen MR) is 88.5 cm³/mol. The monoisotopic (exact) mass is 333 g/mol. The first kappa shape index (κ1) is 14.9. The second-order valence-electron chi connectivity index (χ2n) is 4.75. The summed E-state index contributed by atoms with van der Waals surface area (Å²) in [6.07, 6.45) is 1.13. The highest BCUT2D eigenvalue weighted by atomic mass is 79.9. The third-order valence-electron chi connectivity index (χ3n) is 3.19. The largest absolute Gasteiger partial charge is 0.497 e. The quantitative estimate of drug-likeness (QED) is 0.747. The summed E-state index contributed by atoms with van der Waals surface area (Å²) in [5.74, 6) is 0.896.